The molecule has 1 aromatic heterocycles. The number of anilines is 4. The highest BCUT2D eigenvalue weighted by atomic mass is 31.1. The first-order chi connectivity index (χ1) is 22.7. The molecule has 0 saturated carbocycles. The molecule has 0 aliphatic carbocycles. The first-order valence-electron chi connectivity index (χ1n) is 15.2. The van der Waals surface area contributed by atoms with Crippen molar-refractivity contribution in [3.63, 3.8) is 0 Å². The molecular weight excluding hydrogens is 581 g/mol. The van der Waals surface area contributed by atoms with Crippen LogP contribution in [0.5, 0.6) is 0 Å². The summed E-state index contributed by atoms with van der Waals surface area (Å²) in [7, 11) is -2.12. The van der Waals surface area contributed by atoms with Gasteiger partial charge in [0.05, 0.1) is 11.4 Å². The maximum Gasteiger partial charge on any atom is 0.527 e. The van der Waals surface area contributed by atoms with Crippen molar-refractivity contribution in [2.24, 2.45) is 0 Å². The number of hydrogen-bond donors (Lipinski definition) is 1. The van der Waals surface area contributed by atoms with E-state index in [9.17, 15) is 4.57 Å². The number of benzene rings is 6. The van der Waals surface area contributed by atoms with Gasteiger partial charge in [-0.3, -0.25) is 0 Å². The van der Waals surface area contributed by atoms with Crippen LogP contribution >= 0.6 is 7.95 Å². The average molecular weight is 613 g/mol. The second-order valence-electron chi connectivity index (χ2n) is 10.8. The van der Waals surface area contributed by atoms with Gasteiger partial charge in [-0.1, -0.05) is 127 Å². The second-order valence-corrected chi connectivity index (χ2v) is 12.2. The third kappa shape index (κ3) is 6.21. The Morgan fingerprint density at radius 1 is 0.500 bits per heavy atom. The maximum atomic E-state index is 14.5. The standard InChI is InChI=1S/C41H31N3OP/c45-46(41-25-12-13-28-42-41)44(36-21-8-3-9-22-36)40-30-34(32-17-6-2-7-18-32)26-27-38(40)37-23-10-11-24-39(37)43-35-20-14-19-33(29-35)31-15-4-1-5-16-31/h1-30,43H/q+1. The summed E-state index contributed by atoms with van der Waals surface area (Å²) in [6.45, 7) is 0. The molecule has 0 saturated heterocycles. The SMILES string of the molecule is O=[P+](c1ccccn1)N(c1ccccc1)c1cc(-c2ccccc2)ccc1-c1ccccc1Nc1cccc(-c2ccccc2)c1. The van der Waals surface area contributed by atoms with E-state index in [1.165, 1.54) is 0 Å². The van der Waals surface area contributed by atoms with Gasteiger partial charge >= 0.3 is 13.4 Å². The zero-order chi connectivity index (χ0) is 31.1. The smallest absolute Gasteiger partial charge is 0.355 e. The Hall–Kier alpha value is -5.83. The molecular formula is C41H31N3OP+. The summed E-state index contributed by atoms with van der Waals surface area (Å²) in [6, 6.07) is 59.2. The van der Waals surface area contributed by atoms with E-state index >= 15 is 0 Å². The molecule has 0 radical (unpaired) electrons. The molecule has 220 valence electrons. The Bertz CT molecular complexity index is 2090. The Kier molecular flexibility index (Phi) is 8.45. The Labute approximate surface area is 270 Å². The average Bonchev–Trinajstić information content (AvgIpc) is 3.14. The molecule has 6 aromatic carbocycles. The van der Waals surface area contributed by atoms with Crippen molar-refractivity contribution in [1.82, 2.24) is 4.98 Å². The fourth-order valence-corrected chi connectivity index (χ4v) is 6.90. The minimum atomic E-state index is -2.12. The summed E-state index contributed by atoms with van der Waals surface area (Å²) in [5, 5.41) is 3.69. The molecule has 0 aliphatic rings. The summed E-state index contributed by atoms with van der Waals surface area (Å²) in [6.07, 6.45) is 1.69. The van der Waals surface area contributed by atoms with Crippen LogP contribution in [-0.2, 0) is 4.57 Å². The maximum absolute atomic E-state index is 14.5. The van der Waals surface area contributed by atoms with Crippen LogP contribution in [0.1, 0.15) is 0 Å². The molecule has 1 heterocycles. The second kappa shape index (κ2) is 13.4. The van der Waals surface area contributed by atoms with Crippen LogP contribution in [0.4, 0.5) is 22.7 Å². The normalized spacial score (nSPS) is 11.1. The largest absolute Gasteiger partial charge is 0.527 e. The topological polar surface area (TPSA) is 45.2 Å². The molecule has 1 unspecified atom stereocenters. The van der Waals surface area contributed by atoms with Crippen LogP contribution in [0.25, 0.3) is 33.4 Å². The van der Waals surface area contributed by atoms with Gasteiger partial charge in [-0.05, 0) is 69.3 Å². The molecule has 7 rings (SSSR count). The first-order valence-corrected chi connectivity index (χ1v) is 16.4. The lowest BCUT2D eigenvalue weighted by Gasteiger charge is -2.21. The lowest BCUT2D eigenvalue weighted by atomic mass is 9.96. The Morgan fingerprint density at radius 3 is 1.80 bits per heavy atom. The predicted octanol–water partition coefficient (Wildman–Crippen LogP) is 11.0. The summed E-state index contributed by atoms with van der Waals surface area (Å²) >= 11 is 0. The van der Waals surface area contributed by atoms with Gasteiger partial charge in [0, 0.05) is 34.8 Å². The highest BCUT2D eigenvalue weighted by Gasteiger charge is 2.36. The van der Waals surface area contributed by atoms with Gasteiger partial charge in [-0.15, -0.1) is 4.67 Å². The van der Waals surface area contributed by atoms with E-state index in [0.717, 1.165) is 56.1 Å². The van der Waals surface area contributed by atoms with E-state index in [2.05, 4.69) is 101 Å². The third-order valence-corrected chi connectivity index (χ3v) is 9.29. The number of rotatable bonds is 9. The van der Waals surface area contributed by atoms with Crippen molar-refractivity contribution in [2.75, 3.05) is 9.99 Å². The summed E-state index contributed by atoms with van der Waals surface area (Å²) in [4.78, 5) is 4.50. The van der Waals surface area contributed by atoms with E-state index in [-0.39, 0.29) is 0 Å². The monoisotopic (exact) mass is 612 g/mol. The van der Waals surface area contributed by atoms with Crippen molar-refractivity contribution in [2.45, 2.75) is 0 Å². The molecule has 4 nitrogen and oxygen atoms in total. The highest BCUT2D eigenvalue weighted by molar-refractivity contribution is 7.55. The number of pyridine rings is 1. The number of nitrogens with one attached hydrogen (secondary N) is 1. The van der Waals surface area contributed by atoms with Gasteiger partial charge in [-0.25, -0.2) is 4.98 Å². The minimum absolute atomic E-state index is 0.515. The molecule has 0 amide bonds. The van der Waals surface area contributed by atoms with E-state index in [0.29, 0.717) is 5.44 Å². The van der Waals surface area contributed by atoms with Crippen molar-refractivity contribution in [1.29, 1.82) is 0 Å². The Balaban J connectivity index is 1.39. The van der Waals surface area contributed by atoms with Gasteiger partial charge in [0.15, 0.2) is 0 Å². The number of hydrogen-bond acceptors (Lipinski definition) is 3. The van der Waals surface area contributed by atoms with Crippen LogP contribution in [0.2, 0.25) is 0 Å². The molecule has 0 aliphatic heterocycles. The van der Waals surface area contributed by atoms with Crippen LogP contribution in [0.3, 0.4) is 0 Å². The molecule has 5 heteroatoms. The van der Waals surface area contributed by atoms with Gasteiger partial charge in [0.2, 0.25) is 0 Å². The van der Waals surface area contributed by atoms with Crippen LogP contribution in [0, 0.1) is 0 Å². The van der Waals surface area contributed by atoms with Gasteiger partial charge < -0.3 is 5.32 Å². The van der Waals surface area contributed by atoms with E-state index < -0.39 is 7.95 Å². The van der Waals surface area contributed by atoms with E-state index in [1.807, 2.05) is 89.6 Å². The molecule has 1 N–H and O–H groups in total. The first kappa shape index (κ1) is 28.9. The lowest BCUT2D eigenvalue weighted by molar-refractivity contribution is 0.592. The summed E-state index contributed by atoms with van der Waals surface area (Å²) in [5.74, 6) is 0. The van der Waals surface area contributed by atoms with Gasteiger partial charge in [0.25, 0.3) is 0 Å². The van der Waals surface area contributed by atoms with Gasteiger partial charge in [0.1, 0.15) is 0 Å². The minimum Gasteiger partial charge on any atom is -0.355 e. The quantitative estimate of drug-likeness (QED) is 0.165. The van der Waals surface area contributed by atoms with Crippen LogP contribution < -0.4 is 15.4 Å². The molecule has 0 bridgehead atoms. The van der Waals surface area contributed by atoms with Crippen molar-refractivity contribution < 1.29 is 4.57 Å². The molecule has 46 heavy (non-hydrogen) atoms. The molecule has 0 spiro atoms. The predicted molar refractivity (Wildman–Crippen MR) is 193 cm³/mol. The zero-order valence-electron chi connectivity index (χ0n) is 25.1. The summed E-state index contributed by atoms with van der Waals surface area (Å²) < 4.78 is 16.4. The number of nitrogens with zero attached hydrogens (tertiary/aromatic N) is 2. The number of para-hydroxylation sites is 2. The van der Waals surface area contributed by atoms with E-state index in [1.54, 1.807) is 6.20 Å². The Morgan fingerprint density at radius 2 is 1.11 bits per heavy atom. The highest BCUT2D eigenvalue weighted by Crippen LogP contribution is 2.47. The number of aromatic nitrogens is 1. The van der Waals surface area contributed by atoms with Crippen molar-refractivity contribution >= 4 is 36.1 Å². The van der Waals surface area contributed by atoms with Gasteiger partial charge in [-0.2, -0.15) is 0 Å². The van der Waals surface area contributed by atoms with Crippen molar-refractivity contribution in [3.05, 3.63) is 182 Å². The fraction of sp³-hybridized carbons (Fsp3) is 0. The molecule has 7 aromatic rings. The van der Waals surface area contributed by atoms with Crippen LogP contribution in [0.15, 0.2) is 182 Å². The van der Waals surface area contributed by atoms with Crippen LogP contribution in [-0.4, -0.2) is 4.98 Å². The molecule has 0 fully saturated rings. The molecule has 1 atom stereocenters. The lowest BCUT2D eigenvalue weighted by Crippen LogP contribution is -2.16. The fourth-order valence-electron chi connectivity index (χ4n) is 5.61. The zero-order valence-corrected chi connectivity index (χ0v) is 26.0. The summed E-state index contributed by atoms with van der Waals surface area (Å²) in [5.41, 5.74) is 10.4. The third-order valence-electron chi connectivity index (χ3n) is 7.83. The van der Waals surface area contributed by atoms with Crippen molar-refractivity contribution in [3.8, 4) is 33.4 Å². The van der Waals surface area contributed by atoms with E-state index in [4.69, 9.17) is 0 Å².